The molecule has 0 saturated carbocycles. The molecule has 0 aliphatic heterocycles. The normalized spacial score (nSPS) is 14.3. The maximum atomic E-state index is 11.3. The number of rotatable bonds is 5. The molecule has 0 bridgehead atoms. The van der Waals surface area contributed by atoms with Gasteiger partial charge in [0.05, 0.1) is 23.8 Å². The van der Waals surface area contributed by atoms with Gasteiger partial charge in [0.25, 0.3) is 0 Å². The predicted octanol–water partition coefficient (Wildman–Crippen LogP) is 2.09. The SMILES string of the molecule is CCC(C)(Cn1nnnc1-c1ccoc1Cl)C(=O)O. The molecule has 0 aliphatic carbocycles. The van der Waals surface area contributed by atoms with Crippen molar-refractivity contribution in [2.24, 2.45) is 5.41 Å². The summed E-state index contributed by atoms with van der Waals surface area (Å²) in [6.07, 6.45) is 1.88. The summed E-state index contributed by atoms with van der Waals surface area (Å²) in [5.74, 6) is -0.505. The molecule has 2 aromatic rings. The van der Waals surface area contributed by atoms with Crippen LogP contribution in [0.1, 0.15) is 20.3 Å². The standard InChI is InChI=1S/C11H13ClN4O3/c1-3-11(2,10(17)18)6-16-9(13-14-15-16)7-4-5-19-8(7)12/h4-5H,3,6H2,1-2H3,(H,17,18). The number of carboxylic acid groups (broad SMARTS) is 1. The van der Waals surface area contributed by atoms with Gasteiger partial charge in [-0.05, 0) is 41.4 Å². The van der Waals surface area contributed by atoms with Crippen molar-refractivity contribution in [1.82, 2.24) is 20.2 Å². The molecule has 7 nitrogen and oxygen atoms in total. The van der Waals surface area contributed by atoms with Crippen LogP contribution in [0.2, 0.25) is 5.22 Å². The number of carbonyl (C=O) groups is 1. The van der Waals surface area contributed by atoms with Crippen LogP contribution in [0.15, 0.2) is 16.7 Å². The number of nitrogens with zero attached hydrogens (tertiary/aromatic N) is 4. The number of hydrogen-bond donors (Lipinski definition) is 1. The summed E-state index contributed by atoms with van der Waals surface area (Å²) in [4.78, 5) is 11.3. The zero-order chi connectivity index (χ0) is 14.0. The molecule has 0 saturated heterocycles. The van der Waals surface area contributed by atoms with Crippen LogP contribution in [0.25, 0.3) is 11.4 Å². The number of hydrogen-bond acceptors (Lipinski definition) is 5. The van der Waals surface area contributed by atoms with Crippen LogP contribution < -0.4 is 0 Å². The predicted molar refractivity (Wildman–Crippen MR) is 66.6 cm³/mol. The number of aromatic nitrogens is 4. The number of tetrazole rings is 1. The maximum Gasteiger partial charge on any atom is 0.311 e. The third-order valence-corrected chi connectivity index (χ3v) is 3.48. The number of furan rings is 1. The van der Waals surface area contributed by atoms with Gasteiger partial charge in [-0.2, -0.15) is 0 Å². The van der Waals surface area contributed by atoms with Crippen molar-refractivity contribution in [2.45, 2.75) is 26.8 Å². The van der Waals surface area contributed by atoms with E-state index in [4.69, 9.17) is 16.0 Å². The Morgan fingerprint density at radius 1 is 1.63 bits per heavy atom. The summed E-state index contributed by atoms with van der Waals surface area (Å²) in [6, 6.07) is 1.63. The second-order valence-electron chi connectivity index (χ2n) is 4.49. The molecule has 102 valence electrons. The molecule has 8 heteroatoms. The quantitative estimate of drug-likeness (QED) is 0.903. The van der Waals surface area contributed by atoms with Crippen molar-refractivity contribution in [1.29, 1.82) is 0 Å². The first-order valence-corrected chi connectivity index (χ1v) is 6.08. The van der Waals surface area contributed by atoms with Crippen LogP contribution in [0.4, 0.5) is 0 Å². The molecule has 19 heavy (non-hydrogen) atoms. The summed E-state index contributed by atoms with van der Waals surface area (Å²) in [7, 11) is 0. The summed E-state index contributed by atoms with van der Waals surface area (Å²) >= 11 is 5.88. The van der Waals surface area contributed by atoms with Crippen LogP contribution in [0.3, 0.4) is 0 Å². The number of aliphatic carboxylic acids is 1. The monoisotopic (exact) mass is 284 g/mol. The highest BCUT2D eigenvalue weighted by molar-refractivity contribution is 6.31. The van der Waals surface area contributed by atoms with Crippen molar-refractivity contribution >= 4 is 17.6 Å². The Kier molecular flexibility index (Phi) is 3.57. The Hall–Kier alpha value is -1.89. The molecule has 0 spiro atoms. The van der Waals surface area contributed by atoms with E-state index >= 15 is 0 Å². The van der Waals surface area contributed by atoms with E-state index in [1.165, 1.54) is 10.9 Å². The molecule has 1 unspecified atom stereocenters. The first-order chi connectivity index (χ1) is 8.98. The van der Waals surface area contributed by atoms with Crippen molar-refractivity contribution in [3.63, 3.8) is 0 Å². The van der Waals surface area contributed by atoms with Crippen molar-refractivity contribution in [3.8, 4) is 11.4 Å². The average molecular weight is 285 g/mol. The van der Waals surface area contributed by atoms with Gasteiger partial charge in [-0.15, -0.1) is 5.10 Å². The van der Waals surface area contributed by atoms with Crippen LogP contribution in [-0.2, 0) is 11.3 Å². The van der Waals surface area contributed by atoms with Crippen LogP contribution in [0, 0.1) is 5.41 Å². The topological polar surface area (TPSA) is 94.0 Å². The van der Waals surface area contributed by atoms with Gasteiger partial charge < -0.3 is 9.52 Å². The van der Waals surface area contributed by atoms with Gasteiger partial charge in [0.2, 0.25) is 5.22 Å². The smallest absolute Gasteiger partial charge is 0.311 e. The molecule has 2 aromatic heterocycles. The molecule has 2 heterocycles. The lowest BCUT2D eigenvalue weighted by atomic mass is 9.88. The van der Waals surface area contributed by atoms with Crippen LogP contribution in [0.5, 0.6) is 0 Å². The Morgan fingerprint density at radius 2 is 2.37 bits per heavy atom. The minimum atomic E-state index is -0.944. The number of halogens is 1. The average Bonchev–Trinajstić information content (AvgIpc) is 2.97. The highest BCUT2D eigenvalue weighted by atomic mass is 35.5. The molecular weight excluding hydrogens is 272 g/mol. The van der Waals surface area contributed by atoms with Gasteiger partial charge in [0, 0.05) is 0 Å². The maximum absolute atomic E-state index is 11.3. The second-order valence-corrected chi connectivity index (χ2v) is 4.83. The second kappa shape index (κ2) is 5.00. The molecule has 0 aromatic carbocycles. The van der Waals surface area contributed by atoms with Gasteiger partial charge in [-0.3, -0.25) is 4.79 Å². The van der Waals surface area contributed by atoms with E-state index in [2.05, 4.69) is 15.5 Å². The first kappa shape index (κ1) is 13.5. The van der Waals surface area contributed by atoms with Gasteiger partial charge >= 0.3 is 5.97 Å². The third-order valence-electron chi connectivity index (χ3n) is 3.19. The van der Waals surface area contributed by atoms with Crippen LogP contribution >= 0.6 is 11.6 Å². The molecule has 0 fully saturated rings. The van der Waals surface area contributed by atoms with Crippen LogP contribution in [-0.4, -0.2) is 31.3 Å². The Labute approximate surface area is 114 Å². The minimum Gasteiger partial charge on any atom is -0.481 e. The lowest BCUT2D eigenvalue weighted by Gasteiger charge is -2.22. The zero-order valence-electron chi connectivity index (χ0n) is 10.5. The minimum absolute atomic E-state index is 0.155. The van der Waals surface area contributed by atoms with E-state index in [9.17, 15) is 9.90 Å². The Morgan fingerprint density at radius 3 is 2.89 bits per heavy atom. The molecule has 2 rings (SSSR count). The lowest BCUT2D eigenvalue weighted by Crippen LogP contribution is -2.32. The summed E-state index contributed by atoms with van der Waals surface area (Å²) in [6.45, 7) is 3.61. The zero-order valence-corrected chi connectivity index (χ0v) is 11.3. The van der Waals surface area contributed by atoms with Crippen molar-refractivity contribution < 1.29 is 14.3 Å². The summed E-state index contributed by atoms with van der Waals surface area (Å²) in [5, 5.41) is 20.7. The van der Waals surface area contributed by atoms with Crippen molar-refractivity contribution in [3.05, 3.63) is 17.5 Å². The Balaban J connectivity index is 2.36. The molecule has 0 radical (unpaired) electrons. The summed E-state index contributed by atoms with van der Waals surface area (Å²) in [5.41, 5.74) is -0.407. The fourth-order valence-corrected chi connectivity index (χ4v) is 1.82. The van der Waals surface area contributed by atoms with E-state index in [1.807, 2.05) is 6.92 Å². The molecular formula is C11H13ClN4O3. The Bertz CT molecular complexity index is 594. The van der Waals surface area contributed by atoms with Crippen molar-refractivity contribution in [2.75, 3.05) is 0 Å². The highest BCUT2D eigenvalue weighted by Gasteiger charge is 2.33. The largest absolute Gasteiger partial charge is 0.481 e. The van der Waals surface area contributed by atoms with Gasteiger partial charge in [0.15, 0.2) is 5.82 Å². The van der Waals surface area contributed by atoms with Gasteiger partial charge in [-0.25, -0.2) is 4.68 Å². The van der Waals surface area contributed by atoms with E-state index in [0.29, 0.717) is 17.8 Å². The summed E-state index contributed by atoms with van der Waals surface area (Å²) < 4.78 is 6.41. The fraction of sp³-hybridized carbons (Fsp3) is 0.455. The highest BCUT2D eigenvalue weighted by Crippen LogP contribution is 2.29. The fourth-order valence-electron chi connectivity index (χ4n) is 1.62. The molecule has 1 N–H and O–H groups in total. The van der Waals surface area contributed by atoms with E-state index in [1.54, 1.807) is 13.0 Å². The molecule has 0 aliphatic rings. The molecule has 1 atom stereocenters. The van der Waals surface area contributed by atoms with E-state index in [-0.39, 0.29) is 11.8 Å². The molecule has 0 amide bonds. The van der Waals surface area contributed by atoms with E-state index in [0.717, 1.165) is 0 Å². The van der Waals surface area contributed by atoms with E-state index < -0.39 is 11.4 Å². The number of carboxylic acids is 1. The van der Waals surface area contributed by atoms with Gasteiger partial charge in [0.1, 0.15) is 0 Å². The van der Waals surface area contributed by atoms with Gasteiger partial charge in [-0.1, -0.05) is 6.92 Å². The lowest BCUT2D eigenvalue weighted by molar-refractivity contribution is -0.149. The first-order valence-electron chi connectivity index (χ1n) is 5.71. The third kappa shape index (κ3) is 2.46.